The predicted octanol–water partition coefficient (Wildman–Crippen LogP) is 1.63. The van der Waals surface area contributed by atoms with E-state index >= 15 is 0 Å². The Hall–Kier alpha value is -2.46. The smallest absolute Gasteiger partial charge is 0.336 e. The quantitative estimate of drug-likeness (QED) is 0.373. The van der Waals surface area contributed by atoms with Crippen molar-refractivity contribution in [3.05, 3.63) is 47.2 Å². The Morgan fingerprint density at radius 2 is 1.88 bits per heavy atom. The first-order chi connectivity index (χ1) is 15.3. The monoisotopic (exact) mass is 439 g/mol. The van der Waals surface area contributed by atoms with E-state index in [4.69, 9.17) is 16.4 Å². The number of nitrogens with zero attached hydrogens (tertiary/aromatic N) is 4. The number of hydrazine groups is 2. The zero-order valence-electron chi connectivity index (χ0n) is 18.8. The van der Waals surface area contributed by atoms with Gasteiger partial charge in [0, 0.05) is 36.7 Å². The summed E-state index contributed by atoms with van der Waals surface area (Å²) in [5.41, 5.74) is 2.11. The molecule has 172 valence electrons. The van der Waals surface area contributed by atoms with Gasteiger partial charge in [0.05, 0.1) is 17.6 Å². The van der Waals surface area contributed by atoms with Crippen LogP contribution < -0.4 is 17.0 Å². The van der Waals surface area contributed by atoms with Gasteiger partial charge in [-0.15, -0.1) is 0 Å². The number of nitrogens with two attached hydrogens (primary N) is 2. The Morgan fingerprint density at radius 3 is 2.53 bits per heavy atom. The lowest BCUT2D eigenvalue weighted by atomic mass is 9.95. The maximum Gasteiger partial charge on any atom is 0.336 e. The van der Waals surface area contributed by atoms with Gasteiger partial charge in [0.2, 0.25) is 0 Å². The molecule has 1 aliphatic carbocycles. The molecule has 0 aromatic heterocycles. The first-order valence-electron chi connectivity index (χ1n) is 11.4. The Bertz CT molecular complexity index is 935. The van der Waals surface area contributed by atoms with Crippen molar-refractivity contribution in [3.8, 4) is 0 Å². The topological polar surface area (TPSA) is 112 Å². The van der Waals surface area contributed by atoms with E-state index in [-0.39, 0.29) is 18.4 Å². The van der Waals surface area contributed by atoms with Gasteiger partial charge in [0.1, 0.15) is 0 Å². The number of ether oxygens (including phenoxy) is 1. The molecule has 0 spiro atoms. The number of hydrogen-bond acceptors (Lipinski definition) is 7. The molecule has 9 nitrogen and oxygen atoms in total. The maximum absolute atomic E-state index is 13.6. The number of urea groups is 1. The van der Waals surface area contributed by atoms with Gasteiger partial charge in [0.15, 0.2) is 6.29 Å². The molecule has 5 N–H and O–H groups in total. The summed E-state index contributed by atoms with van der Waals surface area (Å²) in [6, 6.07) is 10.1. The summed E-state index contributed by atoms with van der Waals surface area (Å²) in [6.45, 7) is 5.96. The molecule has 4 aliphatic rings. The minimum atomic E-state index is -0.531. The molecule has 9 heteroatoms. The SMILES string of the molecule is CC1(C)C2=C(CN1C(=O)N(N)C1(c3ccccc3)CC1)NC(N(N)C1CCOCC1)N=C2. The fourth-order valence-electron chi connectivity index (χ4n) is 5.14. The molecular formula is C23H33N7O2. The fraction of sp³-hybridized carbons (Fsp3) is 0.565. The van der Waals surface area contributed by atoms with Crippen LogP contribution in [0.15, 0.2) is 46.6 Å². The van der Waals surface area contributed by atoms with Gasteiger partial charge in [-0.2, -0.15) is 0 Å². The maximum atomic E-state index is 13.6. The second-order valence-electron chi connectivity index (χ2n) is 9.67. The summed E-state index contributed by atoms with van der Waals surface area (Å²) in [7, 11) is 0. The highest BCUT2D eigenvalue weighted by atomic mass is 16.5. The average molecular weight is 440 g/mol. The van der Waals surface area contributed by atoms with Crippen LogP contribution in [0.25, 0.3) is 0 Å². The first kappa shape index (κ1) is 21.4. The van der Waals surface area contributed by atoms with Crippen LogP contribution in [0.2, 0.25) is 0 Å². The zero-order valence-corrected chi connectivity index (χ0v) is 18.8. The zero-order chi connectivity index (χ0) is 22.5. The second-order valence-corrected chi connectivity index (χ2v) is 9.67. The van der Waals surface area contributed by atoms with E-state index in [1.165, 1.54) is 5.01 Å². The number of nitrogens with one attached hydrogen (secondary N) is 1. The molecule has 1 atom stereocenters. The number of benzene rings is 1. The largest absolute Gasteiger partial charge is 0.381 e. The van der Waals surface area contributed by atoms with Gasteiger partial charge >= 0.3 is 6.03 Å². The highest BCUT2D eigenvalue weighted by Gasteiger charge is 2.54. The number of carbonyl (C=O) groups excluding carboxylic acids is 1. The van der Waals surface area contributed by atoms with Crippen molar-refractivity contribution in [1.29, 1.82) is 0 Å². The van der Waals surface area contributed by atoms with Crippen LogP contribution in [0, 0.1) is 0 Å². The minimum absolute atomic E-state index is 0.175. The molecule has 1 saturated heterocycles. The van der Waals surface area contributed by atoms with Crippen molar-refractivity contribution >= 4 is 12.2 Å². The Morgan fingerprint density at radius 1 is 1.19 bits per heavy atom. The van der Waals surface area contributed by atoms with E-state index in [9.17, 15) is 4.79 Å². The normalized spacial score (nSPS) is 26.2. The van der Waals surface area contributed by atoms with Gasteiger partial charge in [-0.3, -0.25) is 15.8 Å². The molecule has 1 saturated carbocycles. The summed E-state index contributed by atoms with van der Waals surface area (Å²) in [4.78, 5) is 20.1. The molecule has 1 aromatic rings. The molecule has 3 heterocycles. The van der Waals surface area contributed by atoms with Gasteiger partial charge in [0.25, 0.3) is 0 Å². The highest BCUT2D eigenvalue weighted by Crippen LogP contribution is 2.50. The molecule has 1 unspecified atom stereocenters. The van der Waals surface area contributed by atoms with Gasteiger partial charge in [-0.25, -0.2) is 15.6 Å². The third-order valence-corrected chi connectivity index (χ3v) is 7.45. The van der Waals surface area contributed by atoms with Crippen molar-refractivity contribution in [2.24, 2.45) is 16.7 Å². The van der Waals surface area contributed by atoms with E-state index in [1.54, 1.807) is 5.01 Å². The molecule has 2 amide bonds. The Balaban J connectivity index is 1.31. The van der Waals surface area contributed by atoms with E-state index < -0.39 is 11.1 Å². The molecule has 5 rings (SSSR count). The van der Waals surface area contributed by atoms with E-state index in [0.717, 1.165) is 42.5 Å². The van der Waals surface area contributed by atoms with Gasteiger partial charge in [-0.05, 0) is 45.1 Å². The molecule has 0 bridgehead atoms. The number of amides is 2. The lowest BCUT2D eigenvalue weighted by Crippen LogP contribution is -2.57. The third-order valence-electron chi connectivity index (χ3n) is 7.45. The van der Waals surface area contributed by atoms with Crippen molar-refractivity contribution in [3.63, 3.8) is 0 Å². The van der Waals surface area contributed by atoms with Crippen molar-refractivity contribution in [1.82, 2.24) is 20.2 Å². The van der Waals surface area contributed by atoms with E-state index in [0.29, 0.717) is 19.8 Å². The molecule has 3 aliphatic heterocycles. The summed E-state index contributed by atoms with van der Waals surface area (Å²) in [6.07, 6.45) is 5.03. The minimum Gasteiger partial charge on any atom is -0.381 e. The van der Waals surface area contributed by atoms with Crippen LogP contribution in [0.4, 0.5) is 4.79 Å². The highest BCUT2D eigenvalue weighted by molar-refractivity contribution is 5.89. The van der Waals surface area contributed by atoms with Crippen LogP contribution in [0.1, 0.15) is 45.1 Å². The summed E-state index contributed by atoms with van der Waals surface area (Å²) < 4.78 is 5.45. The lowest BCUT2D eigenvalue weighted by Gasteiger charge is -2.38. The first-order valence-corrected chi connectivity index (χ1v) is 11.4. The van der Waals surface area contributed by atoms with Crippen molar-refractivity contribution in [2.75, 3.05) is 19.8 Å². The number of rotatable bonds is 4. The third kappa shape index (κ3) is 3.40. The van der Waals surface area contributed by atoms with Crippen LogP contribution in [-0.2, 0) is 10.3 Å². The second kappa shape index (κ2) is 7.84. The lowest BCUT2D eigenvalue weighted by molar-refractivity contribution is 0.0125. The van der Waals surface area contributed by atoms with Crippen molar-refractivity contribution in [2.45, 2.75) is 62.9 Å². The van der Waals surface area contributed by atoms with Crippen molar-refractivity contribution < 1.29 is 9.53 Å². The number of aliphatic imine (C=N–C) groups is 1. The molecule has 0 radical (unpaired) electrons. The molecule has 1 aromatic carbocycles. The molecular weight excluding hydrogens is 406 g/mol. The Labute approximate surface area is 189 Å². The standard InChI is InChI=1S/C23H33N7O2/c1-22(2)18-14-26-20(29(24)17-8-12-32-13-9-17)27-19(18)15-28(22)21(31)30(25)23(10-11-23)16-6-4-3-5-7-16/h3-7,14,17,20,27H,8-13,15,24-25H2,1-2H3. The van der Waals surface area contributed by atoms with Gasteiger partial charge < -0.3 is 15.0 Å². The average Bonchev–Trinajstić information content (AvgIpc) is 3.59. The molecule has 32 heavy (non-hydrogen) atoms. The van der Waals surface area contributed by atoms with Gasteiger partial charge in [-0.1, -0.05) is 30.3 Å². The number of carbonyl (C=O) groups is 1. The molecule has 2 fully saturated rings. The number of hydrogen-bond donors (Lipinski definition) is 3. The van der Waals surface area contributed by atoms with Crippen LogP contribution in [0.3, 0.4) is 0 Å². The van der Waals surface area contributed by atoms with Crippen LogP contribution in [-0.4, -0.2) is 64.8 Å². The fourth-order valence-corrected chi connectivity index (χ4v) is 5.14. The van der Waals surface area contributed by atoms with E-state index in [2.05, 4.69) is 10.3 Å². The predicted molar refractivity (Wildman–Crippen MR) is 122 cm³/mol. The summed E-state index contributed by atoms with van der Waals surface area (Å²) in [5.74, 6) is 12.9. The summed E-state index contributed by atoms with van der Waals surface area (Å²) in [5, 5.41) is 6.69. The van der Waals surface area contributed by atoms with Crippen LogP contribution >= 0.6 is 0 Å². The Kier molecular flexibility index (Phi) is 5.24. The summed E-state index contributed by atoms with van der Waals surface area (Å²) >= 11 is 0. The van der Waals surface area contributed by atoms with E-state index in [1.807, 2.05) is 55.3 Å². The van der Waals surface area contributed by atoms with Crippen LogP contribution in [0.5, 0.6) is 0 Å².